The number of rotatable bonds is 4. The maximum absolute atomic E-state index is 16.8. The van der Waals surface area contributed by atoms with Gasteiger partial charge < -0.3 is 30.2 Å². The van der Waals surface area contributed by atoms with Gasteiger partial charge in [0.05, 0.1) is 46.5 Å². The Balaban J connectivity index is 1.30. The zero-order chi connectivity index (χ0) is 31.2. The fourth-order valence-corrected chi connectivity index (χ4v) is 8.21. The average Bonchev–Trinajstić information content (AvgIpc) is 3.54. The Morgan fingerprint density at radius 2 is 2.00 bits per heavy atom. The number of benzene rings is 1. The van der Waals surface area contributed by atoms with Crippen LogP contribution in [0.3, 0.4) is 0 Å². The highest BCUT2D eigenvalue weighted by Gasteiger charge is 2.45. The van der Waals surface area contributed by atoms with E-state index in [4.69, 9.17) is 36.5 Å². The summed E-state index contributed by atoms with van der Waals surface area (Å²) >= 11 is 6.81. The minimum Gasteiger partial charge on any atom is -0.489 e. The van der Waals surface area contributed by atoms with E-state index in [1.807, 2.05) is 0 Å². The maximum Gasteiger partial charge on any atom is 0.418 e. The van der Waals surface area contributed by atoms with Gasteiger partial charge >= 0.3 is 12.2 Å². The van der Waals surface area contributed by atoms with Crippen LogP contribution in [0.4, 0.5) is 29.2 Å². The number of nitrogens with zero attached hydrogens (tertiary/aromatic N) is 5. The standard InChI is InChI=1S/C30H32ClF4N7O3/c1-13-8-19(36)38-25(22(13)30(33,34)35)20-23(31)27-21-26(24(20)32)39-29(45-11-16-4-3-15-10-43-7-6-41(15)16)40-28(21)42-9-14-2-5-17(37-14)18(42)12-44-27/h8,14-18,37H,2-7,9-12H2,1H3,(H2,36,38)/t14-,15?,16-,17+,18-/m1/s1. The SMILES string of the molecule is Cc1cc(N)nc(-c2c(Cl)c3c4c(nc(OC[C@H]5CCC6COCCN65)nc4c2F)N2C[C@H]4CC[C@H](N4)[C@H]2CO3)c1C(F)(F)F. The number of aromatic nitrogens is 3. The third kappa shape index (κ3) is 4.74. The minimum atomic E-state index is -4.87. The van der Waals surface area contributed by atoms with Crippen molar-refractivity contribution in [2.75, 3.05) is 50.2 Å². The number of piperazine rings is 1. The van der Waals surface area contributed by atoms with Crippen LogP contribution in [0.5, 0.6) is 11.8 Å². The van der Waals surface area contributed by atoms with E-state index >= 15 is 4.39 Å². The molecule has 45 heavy (non-hydrogen) atoms. The summed E-state index contributed by atoms with van der Waals surface area (Å²) < 4.78 is 78.1. The van der Waals surface area contributed by atoms with Crippen LogP contribution in [0.25, 0.3) is 22.2 Å². The molecule has 2 bridgehead atoms. The van der Waals surface area contributed by atoms with Gasteiger partial charge in [-0.2, -0.15) is 23.1 Å². The summed E-state index contributed by atoms with van der Waals surface area (Å²) in [5.74, 6) is -0.884. The first-order valence-corrected chi connectivity index (χ1v) is 15.7. The number of pyridine rings is 1. The van der Waals surface area contributed by atoms with Crippen molar-refractivity contribution in [2.24, 2.45) is 0 Å². The number of hydrogen-bond acceptors (Lipinski definition) is 10. The molecule has 4 fully saturated rings. The van der Waals surface area contributed by atoms with E-state index in [0.717, 1.165) is 38.3 Å². The second-order valence-corrected chi connectivity index (χ2v) is 12.9. The van der Waals surface area contributed by atoms with E-state index in [1.54, 1.807) is 0 Å². The molecule has 0 radical (unpaired) electrons. The molecule has 1 aromatic carbocycles. The largest absolute Gasteiger partial charge is 0.489 e. The molecule has 7 heterocycles. The van der Waals surface area contributed by atoms with Gasteiger partial charge in [0.25, 0.3) is 0 Å². The molecule has 0 spiro atoms. The first-order valence-electron chi connectivity index (χ1n) is 15.3. The molecule has 0 aliphatic carbocycles. The Labute approximate surface area is 261 Å². The first-order chi connectivity index (χ1) is 21.6. The monoisotopic (exact) mass is 649 g/mol. The molecule has 5 aliphatic heterocycles. The summed E-state index contributed by atoms with van der Waals surface area (Å²) in [5.41, 5.74) is 2.99. The number of nitrogens with one attached hydrogen (secondary N) is 1. The Kier molecular flexibility index (Phi) is 6.93. The molecule has 8 rings (SSSR count). The number of aryl methyl sites for hydroxylation is 1. The number of ether oxygens (including phenoxy) is 3. The molecule has 0 saturated carbocycles. The Hall–Kier alpha value is -3.20. The Morgan fingerprint density at radius 3 is 2.82 bits per heavy atom. The van der Waals surface area contributed by atoms with Gasteiger partial charge in [0.2, 0.25) is 0 Å². The molecule has 5 aliphatic rings. The van der Waals surface area contributed by atoms with Crippen LogP contribution in [0.15, 0.2) is 6.07 Å². The smallest absolute Gasteiger partial charge is 0.418 e. The molecule has 3 N–H and O–H groups in total. The second-order valence-electron chi connectivity index (χ2n) is 12.6. The van der Waals surface area contributed by atoms with Crippen molar-refractivity contribution in [3.8, 4) is 23.0 Å². The Morgan fingerprint density at radius 1 is 1.16 bits per heavy atom. The number of halogens is 5. The molecular weight excluding hydrogens is 618 g/mol. The molecule has 240 valence electrons. The lowest BCUT2D eigenvalue weighted by molar-refractivity contribution is -0.137. The topological polar surface area (TPSA) is 111 Å². The lowest BCUT2D eigenvalue weighted by atomic mass is 9.98. The summed E-state index contributed by atoms with van der Waals surface area (Å²) in [5, 5.41) is 3.46. The molecule has 10 nitrogen and oxygen atoms in total. The van der Waals surface area contributed by atoms with Gasteiger partial charge in [-0.3, -0.25) is 4.90 Å². The molecule has 15 heteroatoms. The number of alkyl halides is 3. The number of anilines is 2. The third-order valence-electron chi connectivity index (χ3n) is 9.91. The second kappa shape index (κ2) is 10.7. The summed E-state index contributed by atoms with van der Waals surface area (Å²) in [4.78, 5) is 17.7. The molecule has 5 atom stereocenters. The van der Waals surface area contributed by atoms with Gasteiger partial charge in [-0.1, -0.05) is 11.6 Å². The van der Waals surface area contributed by atoms with Gasteiger partial charge in [0, 0.05) is 37.3 Å². The van der Waals surface area contributed by atoms with E-state index in [-0.39, 0.29) is 76.4 Å². The Bertz CT molecular complexity index is 1690. The minimum absolute atomic E-state index is 0.0110. The van der Waals surface area contributed by atoms with Crippen molar-refractivity contribution >= 4 is 34.1 Å². The molecule has 2 aromatic heterocycles. The van der Waals surface area contributed by atoms with Gasteiger partial charge in [-0.15, -0.1) is 0 Å². The van der Waals surface area contributed by atoms with Gasteiger partial charge in [-0.25, -0.2) is 9.37 Å². The van der Waals surface area contributed by atoms with Crippen molar-refractivity contribution in [1.82, 2.24) is 25.2 Å². The van der Waals surface area contributed by atoms with E-state index in [2.05, 4.69) is 25.1 Å². The summed E-state index contributed by atoms with van der Waals surface area (Å²) in [6.45, 7) is 4.38. The number of morpholine rings is 1. The molecule has 0 amide bonds. The predicted molar refractivity (Wildman–Crippen MR) is 158 cm³/mol. The van der Waals surface area contributed by atoms with E-state index in [0.29, 0.717) is 31.6 Å². The zero-order valence-corrected chi connectivity index (χ0v) is 25.2. The van der Waals surface area contributed by atoms with Gasteiger partial charge in [0.15, 0.2) is 11.6 Å². The highest BCUT2D eigenvalue weighted by Crippen LogP contribution is 2.51. The number of fused-ring (bicyclic) bond motifs is 6. The lowest BCUT2D eigenvalue weighted by Crippen LogP contribution is -2.60. The molecule has 4 saturated heterocycles. The van der Waals surface area contributed by atoms with Crippen molar-refractivity contribution in [3.05, 3.63) is 28.0 Å². The lowest BCUT2D eigenvalue weighted by Gasteiger charge is -2.40. The normalized spacial score (nSPS) is 27.7. The maximum atomic E-state index is 16.8. The van der Waals surface area contributed by atoms with Crippen LogP contribution < -0.4 is 25.4 Å². The van der Waals surface area contributed by atoms with Crippen molar-refractivity contribution in [2.45, 2.75) is 69.0 Å². The highest BCUT2D eigenvalue weighted by molar-refractivity contribution is 6.36. The van der Waals surface area contributed by atoms with Gasteiger partial charge in [-0.05, 0) is 44.2 Å². The van der Waals surface area contributed by atoms with Gasteiger partial charge in [0.1, 0.15) is 30.4 Å². The highest BCUT2D eigenvalue weighted by atomic mass is 35.5. The molecule has 3 aromatic rings. The van der Waals surface area contributed by atoms with Crippen LogP contribution in [-0.2, 0) is 10.9 Å². The molecule has 1 unspecified atom stereocenters. The number of nitrogen functional groups attached to an aromatic ring is 1. The fraction of sp³-hybridized carbons (Fsp3) is 0.567. The first kappa shape index (κ1) is 29.2. The van der Waals surface area contributed by atoms with E-state index in [1.165, 1.54) is 6.92 Å². The van der Waals surface area contributed by atoms with Crippen LogP contribution in [0.2, 0.25) is 5.02 Å². The summed E-state index contributed by atoms with van der Waals surface area (Å²) in [6, 6.07) is 1.58. The van der Waals surface area contributed by atoms with Crippen molar-refractivity contribution in [3.63, 3.8) is 0 Å². The summed E-state index contributed by atoms with van der Waals surface area (Å²) in [6.07, 6.45) is -1.09. The fourth-order valence-electron chi connectivity index (χ4n) is 7.89. The van der Waals surface area contributed by atoms with Crippen LogP contribution >= 0.6 is 11.6 Å². The number of hydrogen-bond donors (Lipinski definition) is 2. The average molecular weight is 650 g/mol. The van der Waals surface area contributed by atoms with Crippen molar-refractivity contribution in [1.29, 1.82) is 0 Å². The quantitative estimate of drug-likeness (QED) is 0.396. The van der Waals surface area contributed by atoms with Crippen LogP contribution in [-0.4, -0.2) is 89.6 Å². The molecular formula is C30H32ClF4N7O3. The number of nitrogens with two attached hydrogens (primary N) is 1. The predicted octanol–water partition coefficient (Wildman–Crippen LogP) is 4.34. The van der Waals surface area contributed by atoms with Crippen molar-refractivity contribution < 1.29 is 31.8 Å². The van der Waals surface area contributed by atoms with E-state index < -0.39 is 28.8 Å². The van der Waals surface area contributed by atoms with E-state index in [9.17, 15) is 13.2 Å². The third-order valence-corrected chi connectivity index (χ3v) is 10.3. The van der Waals surface area contributed by atoms with Crippen LogP contribution in [0, 0.1) is 12.7 Å². The zero-order valence-electron chi connectivity index (χ0n) is 24.5. The summed E-state index contributed by atoms with van der Waals surface area (Å²) in [7, 11) is 0. The van der Waals surface area contributed by atoms with Crippen LogP contribution in [0.1, 0.15) is 36.8 Å².